The van der Waals surface area contributed by atoms with Crippen LogP contribution in [0.5, 0.6) is 0 Å². The van der Waals surface area contributed by atoms with Crippen molar-refractivity contribution >= 4 is 40.5 Å². The largest absolute Gasteiger partial charge is 0.459 e. The van der Waals surface area contributed by atoms with Crippen molar-refractivity contribution in [3.63, 3.8) is 0 Å². The van der Waals surface area contributed by atoms with Gasteiger partial charge < -0.3 is 14.6 Å². The molecule has 3 heterocycles. The number of pyridine rings is 1. The quantitative estimate of drug-likeness (QED) is 0.416. The van der Waals surface area contributed by atoms with Gasteiger partial charge in [0, 0.05) is 22.8 Å². The summed E-state index contributed by atoms with van der Waals surface area (Å²) in [4.78, 5) is 6.96. The minimum Gasteiger partial charge on any atom is -0.459 e. The van der Waals surface area contributed by atoms with Gasteiger partial charge in [0.25, 0.3) is 0 Å². The van der Waals surface area contributed by atoms with Gasteiger partial charge in [-0.15, -0.1) is 0 Å². The molecule has 1 aliphatic heterocycles. The van der Waals surface area contributed by atoms with E-state index < -0.39 is 0 Å². The fraction of sp³-hybridized carbons (Fsp3) is 0.333. The molecule has 0 spiro atoms. The molecule has 1 aliphatic carbocycles. The summed E-state index contributed by atoms with van der Waals surface area (Å²) in [7, 11) is 0. The lowest BCUT2D eigenvalue weighted by molar-refractivity contribution is 0.179. The number of halogens is 2. The van der Waals surface area contributed by atoms with E-state index in [0.29, 0.717) is 16.1 Å². The summed E-state index contributed by atoms with van der Waals surface area (Å²) in [6, 6.07) is 15.7. The van der Waals surface area contributed by atoms with Gasteiger partial charge in [-0.25, -0.2) is 0 Å². The molecular formula is C24H23Cl2N3OS. The van der Waals surface area contributed by atoms with E-state index >= 15 is 0 Å². The lowest BCUT2D eigenvalue weighted by atomic mass is 9.92. The van der Waals surface area contributed by atoms with Crippen molar-refractivity contribution in [3.8, 4) is 11.3 Å². The Balaban J connectivity index is 1.55. The van der Waals surface area contributed by atoms with Crippen molar-refractivity contribution in [2.75, 3.05) is 0 Å². The van der Waals surface area contributed by atoms with Crippen LogP contribution in [0.15, 0.2) is 59.1 Å². The second kappa shape index (κ2) is 8.81. The van der Waals surface area contributed by atoms with Crippen LogP contribution in [0.4, 0.5) is 0 Å². The van der Waals surface area contributed by atoms with Crippen molar-refractivity contribution in [2.24, 2.45) is 0 Å². The van der Waals surface area contributed by atoms with Crippen LogP contribution in [-0.4, -0.2) is 21.0 Å². The van der Waals surface area contributed by atoms with E-state index in [1.807, 2.05) is 48.7 Å². The SMILES string of the molecule is S=C1N[C@@H](c2ccccn2)[C@@H](c2ccc(-c3ccc(Cl)cc3Cl)o2)N1C1CCCCC1. The predicted molar refractivity (Wildman–Crippen MR) is 128 cm³/mol. The number of nitrogens with one attached hydrogen (secondary N) is 1. The molecule has 2 aliphatic rings. The van der Waals surface area contributed by atoms with Gasteiger partial charge in [-0.2, -0.15) is 0 Å². The lowest BCUT2D eigenvalue weighted by Gasteiger charge is -2.36. The summed E-state index contributed by atoms with van der Waals surface area (Å²) in [5.74, 6) is 1.58. The van der Waals surface area contributed by atoms with Gasteiger partial charge in [0.05, 0.1) is 16.8 Å². The van der Waals surface area contributed by atoms with E-state index in [-0.39, 0.29) is 12.1 Å². The van der Waals surface area contributed by atoms with Crippen LogP contribution >= 0.6 is 35.4 Å². The first kappa shape index (κ1) is 20.8. The van der Waals surface area contributed by atoms with Crippen LogP contribution in [0.3, 0.4) is 0 Å². The standard InChI is InChI=1S/C24H23Cl2N3OS/c25-15-9-10-17(18(26)14-15)20-11-12-21(30-20)23-22(19-8-4-5-13-27-19)28-24(31)29(23)16-6-2-1-3-7-16/h4-5,8-14,16,22-23H,1-3,6-7H2,(H,28,31)/t22-,23+/m0/s1. The molecule has 0 unspecified atom stereocenters. The minimum atomic E-state index is -0.0738. The van der Waals surface area contributed by atoms with Crippen LogP contribution in [0.1, 0.15) is 55.6 Å². The van der Waals surface area contributed by atoms with Crippen LogP contribution in [0, 0.1) is 0 Å². The van der Waals surface area contributed by atoms with Gasteiger partial charge in [-0.3, -0.25) is 4.98 Å². The van der Waals surface area contributed by atoms with Gasteiger partial charge in [0.1, 0.15) is 17.6 Å². The first-order valence-corrected chi connectivity index (χ1v) is 11.8. The van der Waals surface area contributed by atoms with Gasteiger partial charge in [0.2, 0.25) is 0 Å². The molecule has 5 rings (SSSR count). The van der Waals surface area contributed by atoms with E-state index in [2.05, 4.69) is 15.2 Å². The second-order valence-corrected chi connectivity index (χ2v) is 9.38. The number of aromatic nitrogens is 1. The average molecular weight is 472 g/mol. The van der Waals surface area contributed by atoms with E-state index in [4.69, 9.17) is 39.8 Å². The van der Waals surface area contributed by atoms with Crippen LogP contribution in [-0.2, 0) is 0 Å². The Hall–Kier alpha value is -2.08. The first-order chi connectivity index (χ1) is 15.1. The number of rotatable bonds is 4. The molecule has 2 atom stereocenters. The number of nitrogens with zero attached hydrogens (tertiary/aromatic N) is 2. The Labute approximate surface area is 197 Å². The van der Waals surface area contributed by atoms with Crippen LogP contribution in [0.25, 0.3) is 11.3 Å². The zero-order valence-corrected chi connectivity index (χ0v) is 19.3. The van der Waals surface area contributed by atoms with E-state index in [1.54, 1.807) is 6.07 Å². The summed E-state index contributed by atoms with van der Waals surface area (Å²) in [6.07, 6.45) is 7.86. The molecular weight excluding hydrogens is 449 g/mol. The Morgan fingerprint density at radius 3 is 2.61 bits per heavy atom. The maximum absolute atomic E-state index is 6.43. The predicted octanol–water partition coefficient (Wildman–Crippen LogP) is 6.95. The summed E-state index contributed by atoms with van der Waals surface area (Å²) in [5.41, 5.74) is 1.78. The highest BCUT2D eigenvalue weighted by atomic mass is 35.5. The molecule has 3 aromatic rings. The molecule has 1 saturated heterocycles. The van der Waals surface area contributed by atoms with Gasteiger partial charge in [-0.05, 0) is 67.5 Å². The highest BCUT2D eigenvalue weighted by molar-refractivity contribution is 7.80. The maximum Gasteiger partial charge on any atom is 0.170 e. The fourth-order valence-corrected chi connectivity index (χ4v) is 5.66. The van der Waals surface area contributed by atoms with Crippen molar-refractivity contribution < 1.29 is 4.42 Å². The Bertz CT molecular complexity index is 1080. The summed E-state index contributed by atoms with van der Waals surface area (Å²) >= 11 is 18.3. The number of hydrogen-bond acceptors (Lipinski definition) is 3. The molecule has 2 fully saturated rings. The highest BCUT2D eigenvalue weighted by Crippen LogP contribution is 2.44. The Kier molecular flexibility index (Phi) is 5.91. The topological polar surface area (TPSA) is 41.3 Å². The third-order valence-corrected chi connectivity index (χ3v) is 7.09. The Morgan fingerprint density at radius 1 is 1.03 bits per heavy atom. The zero-order valence-electron chi connectivity index (χ0n) is 16.9. The molecule has 2 aromatic heterocycles. The molecule has 1 saturated carbocycles. The number of hydrogen-bond donors (Lipinski definition) is 1. The number of thiocarbonyl (C=S) groups is 1. The van der Waals surface area contributed by atoms with Gasteiger partial charge in [-0.1, -0.05) is 48.5 Å². The molecule has 160 valence electrons. The van der Waals surface area contributed by atoms with Crippen molar-refractivity contribution in [2.45, 2.75) is 50.2 Å². The normalized spacial score (nSPS) is 22.0. The molecule has 0 radical (unpaired) electrons. The summed E-state index contributed by atoms with van der Waals surface area (Å²) < 4.78 is 6.40. The van der Waals surface area contributed by atoms with Crippen molar-refractivity contribution in [1.29, 1.82) is 0 Å². The van der Waals surface area contributed by atoms with Gasteiger partial charge >= 0.3 is 0 Å². The molecule has 7 heteroatoms. The molecule has 4 nitrogen and oxygen atoms in total. The maximum atomic E-state index is 6.43. The fourth-order valence-electron chi connectivity index (χ4n) is 4.77. The molecule has 1 N–H and O–H groups in total. The molecule has 31 heavy (non-hydrogen) atoms. The van der Waals surface area contributed by atoms with Crippen molar-refractivity contribution in [3.05, 3.63) is 76.2 Å². The van der Waals surface area contributed by atoms with Crippen molar-refractivity contribution in [1.82, 2.24) is 15.2 Å². The number of furan rings is 1. The average Bonchev–Trinajstić information content (AvgIpc) is 3.39. The zero-order chi connectivity index (χ0) is 21.4. The lowest BCUT2D eigenvalue weighted by Crippen LogP contribution is -2.40. The van der Waals surface area contributed by atoms with Crippen LogP contribution in [0.2, 0.25) is 10.0 Å². The Morgan fingerprint density at radius 2 is 1.87 bits per heavy atom. The molecule has 0 amide bonds. The number of benzene rings is 1. The third-order valence-electron chi connectivity index (χ3n) is 6.22. The second-order valence-electron chi connectivity index (χ2n) is 8.15. The van der Waals surface area contributed by atoms with E-state index in [9.17, 15) is 0 Å². The summed E-state index contributed by atoms with van der Waals surface area (Å²) in [6.45, 7) is 0. The van der Waals surface area contributed by atoms with Crippen LogP contribution < -0.4 is 5.32 Å². The smallest absolute Gasteiger partial charge is 0.170 e. The first-order valence-electron chi connectivity index (χ1n) is 10.7. The minimum absolute atomic E-state index is 0.0645. The monoisotopic (exact) mass is 471 g/mol. The van der Waals surface area contributed by atoms with E-state index in [0.717, 1.165) is 40.7 Å². The van der Waals surface area contributed by atoms with E-state index in [1.165, 1.54) is 19.3 Å². The molecule has 0 bridgehead atoms. The molecule has 1 aromatic carbocycles. The third kappa shape index (κ3) is 4.07. The summed E-state index contributed by atoms with van der Waals surface area (Å²) in [5, 5.41) is 5.47. The van der Waals surface area contributed by atoms with Gasteiger partial charge in [0.15, 0.2) is 5.11 Å². The highest BCUT2D eigenvalue weighted by Gasteiger charge is 2.44.